The van der Waals surface area contributed by atoms with Crippen LogP contribution in [0.4, 0.5) is 10.1 Å². The third-order valence-corrected chi connectivity index (χ3v) is 4.48. The maximum Gasteiger partial charge on any atom is 0.208 e. The summed E-state index contributed by atoms with van der Waals surface area (Å²) in [7, 11) is -3.30. The van der Waals surface area contributed by atoms with E-state index in [9.17, 15) is 18.0 Å². The molecule has 26 heavy (non-hydrogen) atoms. The van der Waals surface area contributed by atoms with Gasteiger partial charge in [-0.25, -0.2) is 27.2 Å². The topological polar surface area (TPSA) is 154 Å². The quantitative estimate of drug-likeness (QED) is 0.201. The average Bonchev–Trinajstić information content (AvgIpc) is 3.05. The number of aliphatic imine (C=N–C) groups is 1. The predicted molar refractivity (Wildman–Crippen MR) is 90.1 cm³/mol. The van der Waals surface area contributed by atoms with Crippen LogP contribution in [0.1, 0.15) is 11.3 Å². The highest BCUT2D eigenvalue weighted by Crippen LogP contribution is 2.22. The largest absolute Gasteiger partial charge is 0.290 e. The molecule has 0 atom stereocenters. The van der Waals surface area contributed by atoms with Crippen molar-refractivity contribution in [3.63, 3.8) is 0 Å². The zero-order valence-electron chi connectivity index (χ0n) is 13.3. The maximum atomic E-state index is 13.4. The van der Waals surface area contributed by atoms with Gasteiger partial charge in [0.05, 0.1) is 17.5 Å². The van der Waals surface area contributed by atoms with Gasteiger partial charge in [-0.1, -0.05) is 11.8 Å². The van der Waals surface area contributed by atoms with Gasteiger partial charge in [0.25, 0.3) is 0 Å². The minimum Gasteiger partial charge on any atom is -0.290 e. The molecule has 0 spiro atoms. The normalized spacial score (nSPS) is 12.0. The van der Waals surface area contributed by atoms with Crippen LogP contribution in [0.5, 0.6) is 0 Å². The first-order chi connectivity index (χ1) is 12.3. The molecule has 0 radical (unpaired) electrons. The number of rotatable bonds is 7. The van der Waals surface area contributed by atoms with Crippen LogP contribution < -0.4 is 10.2 Å². The van der Waals surface area contributed by atoms with E-state index in [2.05, 4.69) is 24.7 Å². The molecule has 0 aliphatic rings. The summed E-state index contributed by atoms with van der Waals surface area (Å²) in [6.07, 6.45) is 1.04. The Morgan fingerprint density at radius 3 is 2.92 bits per heavy atom. The van der Waals surface area contributed by atoms with Gasteiger partial charge in [0, 0.05) is 12.3 Å². The van der Waals surface area contributed by atoms with Crippen molar-refractivity contribution in [2.24, 2.45) is 4.99 Å². The lowest BCUT2D eigenvalue weighted by Crippen LogP contribution is -2.24. The molecule has 1 aromatic heterocycles. The summed E-state index contributed by atoms with van der Waals surface area (Å²) < 4.78 is 42.3. The van der Waals surface area contributed by atoms with Crippen LogP contribution in [-0.2, 0) is 10.0 Å². The van der Waals surface area contributed by atoms with Gasteiger partial charge in [-0.05, 0) is 28.5 Å². The standard InChI is InChI=1S/C13H13FN6O4S2/c1-26(22,23)16-4-5-25-13-11(19-24-20-13)12(18-21)17-9-2-3-10(14)8(6-9)7-15/h2-3,6,16,21H,4-5H2,1H3,(H,17,18). The molecule has 3 N–H and O–H groups in total. The Bertz CT molecular complexity index is 954. The van der Waals surface area contributed by atoms with Crippen molar-refractivity contribution < 1.29 is 22.6 Å². The number of nitrogens with one attached hydrogen (secondary N) is 2. The summed E-state index contributed by atoms with van der Waals surface area (Å²) in [6.45, 7) is 0.151. The molecule has 0 saturated heterocycles. The number of thioether (sulfide) groups is 1. The molecule has 0 saturated carbocycles. The molecule has 0 aliphatic carbocycles. The second-order valence-electron chi connectivity index (χ2n) is 4.78. The Kier molecular flexibility index (Phi) is 6.64. The van der Waals surface area contributed by atoms with E-state index in [-0.39, 0.29) is 34.4 Å². The number of benzene rings is 1. The Morgan fingerprint density at radius 2 is 2.27 bits per heavy atom. The molecule has 2 rings (SSSR count). The number of nitrogens with zero attached hydrogens (tertiary/aromatic N) is 4. The Hall–Kier alpha value is -2.53. The molecule has 0 bridgehead atoms. The molecule has 10 nitrogen and oxygen atoms in total. The molecule has 13 heteroatoms. The van der Waals surface area contributed by atoms with E-state index >= 15 is 0 Å². The lowest BCUT2D eigenvalue weighted by molar-refractivity contribution is 0.234. The van der Waals surface area contributed by atoms with Gasteiger partial charge in [0.2, 0.25) is 10.0 Å². The monoisotopic (exact) mass is 400 g/mol. The van der Waals surface area contributed by atoms with Crippen molar-refractivity contribution in [3.8, 4) is 6.07 Å². The SMILES string of the molecule is CS(=O)(=O)NCCSc1nonc1C(=Nc1ccc(F)c(C#N)c1)NO. The molecule has 0 amide bonds. The van der Waals surface area contributed by atoms with Crippen LogP contribution in [0, 0.1) is 17.1 Å². The minimum atomic E-state index is -3.30. The first-order valence-corrected chi connectivity index (χ1v) is 9.80. The van der Waals surface area contributed by atoms with Gasteiger partial charge in [0.1, 0.15) is 11.9 Å². The number of amidine groups is 1. The van der Waals surface area contributed by atoms with Crippen LogP contribution in [0.25, 0.3) is 0 Å². The smallest absolute Gasteiger partial charge is 0.208 e. The Balaban J connectivity index is 2.18. The number of hydrogen-bond donors (Lipinski definition) is 3. The van der Waals surface area contributed by atoms with E-state index < -0.39 is 15.8 Å². The molecule has 2 aromatic rings. The second-order valence-corrected chi connectivity index (χ2v) is 7.70. The van der Waals surface area contributed by atoms with Gasteiger partial charge in [0.15, 0.2) is 16.6 Å². The summed E-state index contributed by atoms with van der Waals surface area (Å²) in [5.74, 6) is -0.509. The fraction of sp³-hybridized carbons (Fsp3) is 0.231. The lowest BCUT2D eigenvalue weighted by Gasteiger charge is -2.04. The number of hydrogen-bond acceptors (Lipinski definition) is 9. The Morgan fingerprint density at radius 1 is 1.50 bits per heavy atom. The highest BCUT2D eigenvalue weighted by molar-refractivity contribution is 7.99. The number of hydroxylamine groups is 1. The van der Waals surface area contributed by atoms with Crippen LogP contribution in [-0.4, -0.2) is 48.3 Å². The Labute approximate surface area is 152 Å². The number of aromatic nitrogens is 2. The zero-order chi connectivity index (χ0) is 19.2. The first kappa shape index (κ1) is 19.8. The van der Waals surface area contributed by atoms with Gasteiger partial charge in [-0.15, -0.1) is 0 Å². The van der Waals surface area contributed by atoms with E-state index in [1.54, 1.807) is 6.07 Å². The van der Waals surface area contributed by atoms with Gasteiger partial charge in [-0.3, -0.25) is 10.7 Å². The molecule has 0 aliphatic heterocycles. The predicted octanol–water partition coefficient (Wildman–Crippen LogP) is 0.779. The highest BCUT2D eigenvalue weighted by atomic mass is 32.2. The molecule has 0 fully saturated rings. The third kappa shape index (κ3) is 5.49. The highest BCUT2D eigenvalue weighted by Gasteiger charge is 2.17. The third-order valence-electron chi connectivity index (χ3n) is 2.81. The van der Waals surface area contributed by atoms with Crippen molar-refractivity contribution in [1.29, 1.82) is 5.26 Å². The van der Waals surface area contributed by atoms with Gasteiger partial charge in [-0.2, -0.15) is 5.26 Å². The number of sulfonamides is 1. The van der Waals surface area contributed by atoms with Gasteiger partial charge < -0.3 is 0 Å². The molecule has 0 unspecified atom stereocenters. The summed E-state index contributed by atoms with van der Waals surface area (Å²) >= 11 is 1.12. The number of halogens is 1. The molecular formula is C13H13FN6O4S2. The molecule has 1 aromatic carbocycles. The fourth-order valence-electron chi connectivity index (χ4n) is 1.72. The van der Waals surface area contributed by atoms with Crippen LogP contribution >= 0.6 is 11.8 Å². The number of nitriles is 1. The zero-order valence-corrected chi connectivity index (χ0v) is 14.9. The van der Waals surface area contributed by atoms with Gasteiger partial charge >= 0.3 is 0 Å². The minimum absolute atomic E-state index is 0.0692. The van der Waals surface area contributed by atoms with Crippen molar-refractivity contribution in [3.05, 3.63) is 35.3 Å². The van der Waals surface area contributed by atoms with Crippen LogP contribution in [0.15, 0.2) is 32.8 Å². The van der Waals surface area contributed by atoms with Crippen molar-refractivity contribution in [2.75, 3.05) is 18.6 Å². The fourth-order valence-corrected chi connectivity index (χ4v) is 3.08. The van der Waals surface area contributed by atoms with E-state index in [1.807, 2.05) is 5.48 Å². The van der Waals surface area contributed by atoms with Crippen LogP contribution in [0.3, 0.4) is 0 Å². The summed E-state index contributed by atoms with van der Waals surface area (Å²) in [5, 5.41) is 25.7. The van der Waals surface area contributed by atoms with Crippen molar-refractivity contribution in [2.45, 2.75) is 5.03 Å². The van der Waals surface area contributed by atoms with E-state index in [1.165, 1.54) is 12.1 Å². The molecule has 1 heterocycles. The molecule has 138 valence electrons. The van der Waals surface area contributed by atoms with Crippen molar-refractivity contribution >= 4 is 33.3 Å². The maximum absolute atomic E-state index is 13.4. The average molecular weight is 400 g/mol. The van der Waals surface area contributed by atoms with Crippen molar-refractivity contribution in [1.82, 2.24) is 20.5 Å². The summed E-state index contributed by atoms with van der Waals surface area (Å²) in [5.41, 5.74) is 1.90. The lowest BCUT2D eigenvalue weighted by atomic mass is 10.2. The first-order valence-electron chi connectivity index (χ1n) is 6.93. The summed E-state index contributed by atoms with van der Waals surface area (Å²) in [6, 6.07) is 5.26. The van der Waals surface area contributed by atoms with E-state index in [0.717, 1.165) is 24.1 Å². The molecular weight excluding hydrogens is 387 g/mol. The van der Waals surface area contributed by atoms with Crippen LogP contribution in [0.2, 0.25) is 0 Å². The second kappa shape index (κ2) is 8.72. The summed E-state index contributed by atoms with van der Waals surface area (Å²) in [4.78, 5) is 4.05. The van der Waals surface area contributed by atoms with E-state index in [4.69, 9.17) is 5.26 Å². The van der Waals surface area contributed by atoms with E-state index in [0.29, 0.717) is 5.75 Å².